The minimum Gasteiger partial charge on any atom is -0.495 e. The minimum atomic E-state index is -4.48. The molecule has 0 amide bonds. The second-order valence-electron chi connectivity index (χ2n) is 8.47. The predicted molar refractivity (Wildman–Crippen MR) is 126 cm³/mol. The van der Waals surface area contributed by atoms with Gasteiger partial charge in [0, 0.05) is 30.3 Å². The van der Waals surface area contributed by atoms with Crippen LogP contribution in [0, 0.1) is 6.92 Å². The van der Waals surface area contributed by atoms with Crippen LogP contribution in [0.25, 0.3) is 10.9 Å². The lowest BCUT2D eigenvalue weighted by molar-refractivity contribution is -0.137. The number of nitrogen functional groups attached to an aromatic ring is 1. The number of nitrogens with two attached hydrogens (primary N) is 1. The van der Waals surface area contributed by atoms with E-state index in [0.717, 1.165) is 30.7 Å². The van der Waals surface area contributed by atoms with Gasteiger partial charge >= 0.3 is 6.18 Å². The van der Waals surface area contributed by atoms with E-state index in [-0.39, 0.29) is 11.7 Å². The Morgan fingerprint density at radius 1 is 1.12 bits per heavy atom. The van der Waals surface area contributed by atoms with E-state index < -0.39 is 17.8 Å². The van der Waals surface area contributed by atoms with Gasteiger partial charge in [0.15, 0.2) is 0 Å². The van der Waals surface area contributed by atoms with Crippen molar-refractivity contribution < 1.29 is 22.6 Å². The molecule has 2 aromatic carbocycles. The maximum atomic E-state index is 13.3. The summed E-state index contributed by atoms with van der Waals surface area (Å²) < 4.78 is 50.8. The average Bonchev–Trinajstić information content (AvgIpc) is 2.78. The summed E-state index contributed by atoms with van der Waals surface area (Å²) >= 11 is 0. The zero-order valence-electron chi connectivity index (χ0n) is 19.3. The Hall–Kier alpha value is -3.27. The molecule has 0 radical (unpaired) electrons. The predicted octanol–water partition coefficient (Wildman–Crippen LogP) is 5.31. The highest BCUT2D eigenvalue weighted by molar-refractivity contribution is 5.93. The largest absolute Gasteiger partial charge is 0.495 e. The van der Waals surface area contributed by atoms with Gasteiger partial charge in [-0.15, -0.1) is 0 Å². The molecule has 0 spiro atoms. The van der Waals surface area contributed by atoms with Crippen LogP contribution in [0.2, 0.25) is 0 Å². The molecule has 3 aromatic rings. The molecule has 1 aliphatic rings. The van der Waals surface area contributed by atoms with E-state index in [4.69, 9.17) is 15.2 Å². The molecular weight excluding hydrogens is 447 g/mol. The Balaban J connectivity index is 1.68. The number of hydrogen-bond donors (Lipinski definition) is 3. The highest BCUT2D eigenvalue weighted by Crippen LogP contribution is 2.36. The van der Waals surface area contributed by atoms with E-state index >= 15 is 0 Å². The second-order valence-corrected chi connectivity index (χ2v) is 8.47. The molecule has 1 fully saturated rings. The molecule has 0 bridgehead atoms. The number of ether oxygens (including phenoxy) is 2. The number of methoxy groups -OCH3 is 1. The summed E-state index contributed by atoms with van der Waals surface area (Å²) in [6.07, 6.45) is -2.69. The fraction of sp³-hybridized carbons (Fsp3) is 0.417. The first-order valence-corrected chi connectivity index (χ1v) is 11.1. The van der Waals surface area contributed by atoms with Crippen LogP contribution in [0.1, 0.15) is 42.8 Å². The van der Waals surface area contributed by atoms with Crippen LogP contribution in [-0.4, -0.2) is 36.3 Å². The average molecular weight is 476 g/mol. The monoisotopic (exact) mass is 475 g/mol. The van der Waals surface area contributed by atoms with E-state index in [1.54, 1.807) is 21.0 Å². The Kier molecular flexibility index (Phi) is 6.70. The molecular formula is C24H28F3N5O2. The molecule has 0 saturated carbocycles. The van der Waals surface area contributed by atoms with E-state index in [2.05, 4.69) is 20.6 Å². The van der Waals surface area contributed by atoms with Crippen LogP contribution in [0.5, 0.6) is 5.75 Å². The third-order valence-electron chi connectivity index (χ3n) is 5.87. The summed E-state index contributed by atoms with van der Waals surface area (Å²) in [6, 6.07) is 7.08. The fourth-order valence-electron chi connectivity index (χ4n) is 4.10. The summed E-state index contributed by atoms with van der Waals surface area (Å²) in [5, 5.41) is 7.45. The van der Waals surface area contributed by atoms with Crippen LogP contribution >= 0.6 is 0 Å². The third kappa shape index (κ3) is 5.27. The molecule has 1 aliphatic heterocycles. The van der Waals surface area contributed by atoms with Gasteiger partial charge in [0.05, 0.1) is 29.9 Å². The van der Waals surface area contributed by atoms with Gasteiger partial charge in [0.2, 0.25) is 0 Å². The highest BCUT2D eigenvalue weighted by atomic mass is 19.4. The van der Waals surface area contributed by atoms with Gasteiger partial charge in [-0.1, -0.05) is 0 Å². The minimum absolute atomic E-state index is 0.0488. The van der Waals surface area contributed by atoms with Gasteiger partial charge in [-0.25, -0.2) is 9.97 Å². The smallest absolute Gasteiger partial charge is 0.416 e. The topological polar surface area (TPSA) is 94.3 Å². The Labute approximate surface area is 195 Å². The second kappa shape index (κ2) is 9.54. The van der Waals surface area contributed by atoms with Crippen LogP contribution < -0.4 is 21.1 Å². The number of hydrogen-bond acceptors (Lipinski definition) is 7. The number of benzene rings is 2. The zero-order chi connectivity index (χ0) is 24.5. The highest BCUT2D eigenvalue weighted by Gasteiger charge is 2.31. The lowest BCUT2D eigenvalue weighted by atomic mass is 10.0. The molecule has 7 nitrogen and oxygen atoms in total. The molecule has 0 aliphatic carbocycles. The molecule has 10 heteroatoms. The first-order valence-electron chi connectivity index (χ1n) is 11.1. The normalized spacial score (nSPS) is 15.8. The van der Waals surface area contributed by atoms with Crippen molar-refractivity contribution in [3.8, 4) is 5.75 Å². The van der Waals surface area contributed by atoms with Gasteiger partial charge in [-0.2, -0.15) is 13.2 Å². The number of fused-ring (bicyclic) bond motifs is 1. The van der Waals surface area contributed by atoms with Crippen molar-refractivity contribution in [1.29, 1.82) is 0 Å². The maximum Gasteiger partial charge on any atom is 0.416 e. The van der Waals surface area contributed by atoms with Gasteiger partial charge in [-0.05, 0) is 62.6 Å². The van der Waals surface area contributed by atoms with Crippen molar-refractivity contribution in [2.24, 2.45) is 0 Å². The van der Waals surface area contributed by atoms with Crippen molar-refractivity contribution in [2.75, 3.05) is 36.7 Å². The summed E-state index contributed by atoms with van der Waals surface area (Å²) in [6.45, 7) is 4.95. The number of nitrogens with zero attached hydrogens (tertiary/aromatic N) is 2. The van der Waals surface area contributed by atoms with Crippen molar-refractivity contribution in [2.45, 2.75) is 44.9 Å². The summed E-state index contributed by atoms with van der Waals surface area (Å²) in [7, 11) is 1.59. The van der Waals surface area contributed by atoms with Crippen LogP contribution in [0.3, 0.4) is 0 Å². The molecule has 1 saturated heterocycles. The number of aromatic nitrogens is 2. The van der Waals surface area contributed by atoms with Crippen LogP contribution in [0.15, 0.2) is 30.3 Å². The van der Waals surface area contributed by atoms with E-state index in [0.29, 0.717) is 47.1 Å². The number of halogens is 3. The van der Waals surface area contributed by atoms with Crippen molar-refractivity contribution in [3.63, 3.8) is 0 Å². The van der Waals surface area contributed by atoms with E-state index in [1.807, 2.05) is 12.1 Å². The van der Waals surface area contributed by atoms with Gasteiger partial charge in [0.1, 0.15) is 17.4 Å². The van der Waals surface area contributed by atoms with Crippen LogP contribution in [-0.2, 0) is 10.9 Å². The Morgan fingerprint density at radius 2 is 1.85 bits per heavy atom. The molecule has 4 rings (SSSR count). The molecule has 2 heterocycles. The molecule has 1 atom stereocenters. The van der Waals surface area contributed by atoms with Gasteiger partial charge in [0.25, 0.3) is 0 Å². The van der Waals surface area contributed by atoms with Crippen molar-refractivity contribution in [1.82, 2.24) is 9.97 Å². The lowest BCUT2D eigenvalue weighted by Gasteiger charge is -2.25. The maximum absolute atomic E-state index is 13.3. The summed E-state index contributed by atoms with van der Waals surface area (Å²) in [5.74, 6) is 1.67. The molecule has 1 aromatic heterocycles. The molecule has 0 unspecified atom stereocenters. The lowest BCUT2D eigenvalue weighted by Crippen LogP contribution is -2.28. The van der Waals surface area contributed by atoms with Crippen molar-refractivity contribution >= 4 is 28.1 Å². The van der Waals surface area contributed by atoms with Crippen LogP contribution in [0.4, 0.5) is 30.4 Å². The SMILES string of the molecule is COc1cc2c(N[C@H](C)c3cc(N)cc(C(F)(F)F)c3)nc(C)nc2cc1NC1CCOCC1. The fourth-order valence-corrected chi connectivity index (χ4v) is 4.10. The number of alkyl halides is 3. The summed E-state index contributed by atoms with van der Waals surface area (Å²) in [5.41, 5.74) is 6.93. The standard InChI is InChI=1S/C24H28F3N5O2/c1-13(15-8-16(24(25,26)27)10-17(28)9-15)29-23-19-11-22(33-3)21(12-20(19)30-14(2)31-23)32-18-4-6-34-7-5-18/h8-13,18,32H,4-7,28H2,1-3H3,(H,29,30,31)/t13-/m1/s1. The molecule has 34 heavy (non-hydrogen) atoms. The molecule has 4 N–H and O–H groups in total. The first kappa shape index (κ1) is 23.9. The van der Waals surface area contributed by atoms with Crippen molar-refractivity contribution in [3.05, 3.63) is 47.3 Å². The van der Waals surface area contributed by atoms with E-state index in [9.17, 15) is 13.2 Å². The first-order chi connectivity index (χ1) is 16.1. The number of rotatable bonds is 6. The van der Waals surface area contributed by atoms with Gasteiger partial charge < -0.3 is 25.8 Å². The Morgan fingerprint density at radius 3 is 2.53 bits per heavy atom. The summed E-state index contributed by atoms with van der Waals surface area (Å²) in [4.78, 5) is 9.08. The van der Waals surface area contributed by atoms with Gasteiger partial charge in [-0.3, -0.25) is 0 Å². The number of anilines is 3. The molecule has 182 valence electrons. The number of aryl methyl sites for hydroxylation is 1. The zero-order valence-corrected chi connectivity index (χ0v) is 19.3. The quantitative estimate of drug-likeness (QED) is 0.416. The van der Waals surface area contributed by atoms with E-state index in [1.165, 1.54) is 6.07 Å². The Bertz CT molecular complexity index is 1180. The third-order valence-corrected chi connectivity index (χ3v) is 5.87. The number of nitrogens with one attached hydrogen (secondary N) is 2.